The molecular formula is C26H21BrClN5O5. The zero-order valence-electron chi connectivity index (χ0n) is 20.1. The second kappa shape index (κ2) is 12.0. The molecule has 0 unspecified atom stereocenters. The summed E-state index contributed by atoms with van der Waals surface area (Å²) >= 11 is 9.50. The lowest BCUT2D eigenvalue weighted by Gasteiger charge is -2.12. The first-order valence-corrected chi connectivity index (χ1v) is 12.6. The van der Waals surface area contributed by atoms with Crippen LogP contribution in [-0.4, -0.2) is 33.3 Å². The van der Waals surface area contributed by atoms with Crippen LogP contribution in [0.25, 0.3) is 10.9 Å². The summed E-state index contributed by atoms with van der Waals surface area (Å²) in [5.74, 6) is -0.313. The van der Waals surface area contributed by atoms with Crippen LogP contribution in [0.15, 0.2) is 75.0 Å². The molecule has 38 heavy (non-hydrogen) atoms. The minimum Gasteiger partial charge on any atom is -0.476 e. The molecule has 0 saturated heterocycles. The largest absolute Gasteiger partial charge is 0.476 e. The van der Waals surface area contributed by atoms with Crippen molar-refractivity contribution in [2.24, 2.45) is 5.10 Å². The molecule has 4 aromatic rings. The molecule has 4 rings (SSSR count). The Labute approximate surface area is 230 Å². The summed E-state index contributed by atoms with van der Waals surface area (Å²) in [7, 11) is 0. The van der Waals surface area contributed by atoms with Crippen LogP contribution in [0, 0.1) is 10.1 Å². The highest BCUT2D eigenvalue weighted by Crippen LogP contribution is 2.34. The van der Waals surface area contributed by atoms with Crippen molar-refractivity contribution in [2.75, 3.05) is 11.9 Å². The highest BCUT2D eigenvalue weighted by Gasteiger charge is 2.22. The number of nitrogens with zero attached hydrogens (tertiary/aromatic N) is 4. The molecule has 0 aliphatic heterocycles. The maximum atomic E-state index is 13.3. The molecule has 12 heteroatoms. The molecule has 10 nitrogen and oxygen atoms in total. The minimum absolute atomic E-state index is 0.0564. The lowest BCUT2D eigenvalue weighted by atomic mass is 10.2. The molecule has 0 saturated carbocycles. The van der Waals surface area contributed by atoms with Crippen LogP contribution in [0.1, 0.15) is 24.7 Å². The molecule has 1 heterocycles. The van der Waals surface area contributed by atoms with Gasteiger partial charge >= 0.3 is 5.69 Å². The second-order valence-corrected chi connectivity index (χ2v) is 9.46. The Balaban J connectivity index is 1.73. The number of carbonyl (C=O) groups excluding carboxylic acids is 1. The Morgan fingerprint density at radius 1 is 1.24 bits per heavy atom. The Kier molecular flexibility index (Phi) is 8.49. The van der Waals surface area contributed by atoms with Crippen molar-refractivity contribution >= 4 is 61.9 Å². The molecule has 1 N–H and O–H groups in total. The van der Waals surface area contributed by atoms with Crippen molar-refractivity contribution in [3.05, 3.63) is 102 Å². The van der Waals surface area contributed by atoms with Gasteiger partial charge in [0.2, 0.25) is 5.75 Å². The van der Waals surface area contributed by atoms with Crippen LogP contribution >= 0.6 is 27.5 Å². The van der Waals surface area contributed by atoms with E-state index in [1.807, 2.05) is 6.92 Å². The van der Waals surface area contributed by atoms with E-state index in [0.29, 0.717) is 39.7 Å². The molecule has 0 radical (unpaired) electrons. The maximum absolute atomic E-state index is 13.3. The van der Waals surface area contributed by atoms with E-state index >= 15 is 0 Å². The number of aryl methyl sites for hydroxylation is 1. The number of aromatic nitrogens is 2. The van der Waals surface area contributed by atoms with Crippen LogP contribution in [0.4, 0.5) is 11.4 Å². The van der Waals surface area contributed by atoms with E-state index in [2.05, 4.69) is 31.3 Å². The normalized spacial score (nSPS) is 11.1. The fourth-order valence-electron chi connectivity index (χ4n) is 3.66. The van der Waals surface area contributed by atoms with Gasteiger partial charge < -0.3 is 10.1 Å². The topological polar surface area (TPSA) is 129 Å². The molecule has 0 atom stereocenters. The van der Waals surface area contributed by atoms with Gasteiger partial charge in [0, 0.05) is 33.2 Å². The van der Waals surface area contributed by atoms with Crippen molar-refractivity contribution in [1.82, 2.24) is 9.66 Å². The van der Waals surface area contributed by atoms with Gasteiger partial charge in [-0.25, -0.2) is 4.98 Å². The zero-order valence-corrected chi connectivity index (χ0v) is 22.4. The summed E-state index contributed by atoms with van der Waals surface area (Å²) in [6, 6.07) is 16.4. The molecule has 1 aromatic heterocycles. The third-order valence-corrected chi connectivity index (χ3v) is 6.04. The monoisotopic (exact) mass is 597 g/mol. The first-order chi connectivity index (χ1) is 18.3. The molecule has 0 bridgehead atoms. The van der Waals surface area contributed by atoms with Crippen molar-refractivity contribution in [3.8, 4) is 5.75 Å². The fourth-order valence-corrected chi connectivity index (χ4v) is 4.25. The molecule has 0 aliphatic carbocycles. The Hall–Kier alpha value is -4.09. The number of fused-ring (bicyclic) bond motifs is 1. The smallest absolute Gasteiger partial charge is 0.313 e. The van der Waals surface area contributed by atoms with Gasteiger partial charge in [-0.05, 0) is 42.8 Å². The van der Waals surface area contributed by atoms with E-state index in [0.717, 1.165) is 10.7 Å². The minimum atomic E-state index is -0.669. The molecule has 194 valence electrons. The number of benzene rings is 3. The summed E-state index contributed by atoms with van der Waals surface area (Å²) in [6.07, 6.45) is 2.41. The van der Waals surface area contributed by atoms with E-state index in [1.165, 1.54) is 12.3 Å². The number of ether oxygens (including phenoxy) is 1. The van der Waals surface area contributed by atoms with Gasteiger partial charge in [-0.2, -0.15) is 9.78 Å². The number of para-hydroxylation sites is 1. The first-order valence-electron chi connectivity index (χ1n) is 11.5. The Bertz CT molecular complexity index is 1610. The van der Waals surface area contributed by atoms with Gasteiger partial charge in [0.25, 0.3) is 11.5 Å². The number of rotatable bonds is 9. The van der Waals surface area contributed by atoms with Crippen molar-refractivity contribution in [1.29, 1.82) is 0 Å². The molecule has 0 fully saturated rings. The van der Waals surface area contributed by atoms with E-state index < -0.39 is 28.7 Å². The maximum Gasteiger partial charge on any atom is 0.313 e. The molecular weight excluding hydrogens is 578 g/mol. The van der Waals surface area contributed by atoms with Gasteiger partial charge in [-0.1, -0.05) is 52.7 Å². The summed E-state index contributed by atoms with van der Waals surface area (Å²) in [6.45, 7) is 1.43. The summed E-state index contributed by atoms with van der Waals surface area (Å²) in [4.78, 5) is 41.4. The highest BCUT2D eigenvalue weighted by molar-refractivity contribution is 9.10. The SMILES string of the molecule is CCCc1nc2ccc(Br)cc2c(=O)n1N=Cc1cc(Cl)cc([N+](=O)[O-])c1OCC(=O)Nc1ccccc1. The van der Waals surface area contributed by atoms with Gasteiger partial charge in [0.05, 0.1) is 22.0 Å². The number of anilines is 1. The quantitative estimate of drug-likeness (QED) is 0.152. The van der Waals surface area contributed by atoms with Crippen molar-refractivity contribution in [2.45, 2.75) is 19.8 Å². The summed E-state index contributed by atoms with van der Waals surface area (Å²) in [5, 5.41) is 19.1. The standard InChI is InChI=1S/C26H21BrClN5O5/c1-2-6-23-31-21-10-9-17(27)12-20(21)26(35)32(23)29-14-16-11-18(28)13-22(33(36)37)25(16)38-15-24(34)30-19-7-4-3-5-8-19/h3-5,7-14H,2,6,15H2,1H3,(H,30,34). The number of carbonyl (C=O) groups is 1. The predicted octanol–water partition coefficient (Wildman–Crippen LogP) is 5.57. The summed E-state index contributed by atoms with van der Waals surface area (Å²) < 4.78 is 7.44. The van der Waals surface area contributed by atoms with E-state index in [4.69, 9.17) is 16.3 Å². The third-order valence-electron chi connectivity index (χ3n) is 5.33. The van der Waals surface area contributed by atoms with Crippen LogP contribution < -0.4 is 15.6 Å². The van der Waals surface area contributed by atoms with Crippen LogP contribution in [0.2, 0.25) is 5.02 Å². The number of hydrogen-bond acceptors (Lipinski definition) is 7. The lowest BCUT2D eigenvalue weighted by molar-refractivity contribution is -0.385. The fraction of sp³-hybridized carbons (Fsp3) is 0.154. The molecule has 0 aliphatic rings. The average Bonchev–Trinajstić information content (AvgIpc) is 2.88. The number of nitro benzene ring substituents is 1. The highest BCUT2D eigenvalue weighted by atomic mass is 79.9. The number of nitrogens with one attached hydrogen (secondary N) is 1. The molecule has 1 amide bonds. The third kappa shape index (κ3) is 6.24. The van der Waals surface area contributed by atoms with Crippen LogP contribution in [-0.2, 0) is 11.2 Å². The van der Waals surface area contributed by atoms with E-state index in [9.17, 15) is 19.7 Å². The van der Waals surface area contributed by atoms with Crippen molar-refractivity contribution < 1.29 is 14.5 Å². The number of hydrogen-bond donors (Lipinski definition) is 1. The summed E-state index contributed by atoms with van der Waals surface area (Å²) in [5.41, 5.74) is 0.331. The second-order valence-electron chi connectivity index (χ2n) is 8.10. The average molecular weight is 599 g/mol. The van der Waals surface area contributed by atoms with Gasteiger partial charge in [0.1, 0.15) is 5.82 Å². The van der Waals surface area contributed by atoms with Crippen LogP contribution in [0.3, 0.4) is 0 Å². The van der Waals surface area contributed by atoms with Crippen LogP contribution in [0.5, 0.6) is 5.75 Å². The van der Waals surface area contributed by atoms with E-state index in [-0.39, 0.29) is 16.3 Å². The van der Waals surface area contributed by atoms with Gasteiger partial charge in [-0.15, -0.1) is 0 Å². The van der Waals surface area contributed by atoms with Crippen molar-refractivity contribution in [3.63, 3.8) is 0 Å². The number of halogens is 2. The number of amides is 1. The number of nitro groups is 1. The lowest BCUT2D eigenvalue weighted by Crippen LogP contribution is -2.23. The Morgan fingerprint density at radius 3 is 2.71 bits per heavy atom. The van der Waals surface area contributed by atoms with E-state index in [1.54, 1.807) is 48.5 Å². The Morgan fingerprint density at radius 2 is 2.00 bits per heavy atom. The first kappa shape index (κ1) is 27.0. The van der Waals surface area contributed by atoms with Gasteiger partial charge in [0.15, 0.2) is 6.61 Å². The predicted molar refractivity (Wildman–Crippen MR) is 149 cm³/mol. The van der Waals surface area contributed by atoms with Gasteiger partial charge in [-0.3, -0.25) is 19.7 Å². The molecule has 3 aromatic carbocycles. The zero-order chi connectivity index (χ0) is 27.2. The molecule has 0 spiro atoms.